The number of ether oxygens (including phenoxy) is 3. The molecule has 1 unspecified atom stereocenters. The third-order valence-corrected chi connectivity index (χ3v) is 10.9. The predicted octanol–water partition coefficient (Wildman–Crippen LogP) is 18.1. The average molecular weight is 927 g/mol. The zero-order chi connectivity index (χ0) is 48.6. The van der Waals surface area contributed by atoms with E-state index in [-0.39, 0.29) is 31.6 Å². The lowest BCUT2D eigenvalue weighted by atomic mass is 10.1. The standard InChI is InChI=1S/C61H98O6/c1-4-7-10-13-16-19-22-25-28-31-34-36-39-42-45-48-51-54-60(63)66-57-58(67-61(64)55-52-49-46-43-40-37-33-30-27-24-21-18-15-12-9-6-3)56-65-59(62)53-50-47-44-41-38-35-32-29-26-23-20-17-14-11-8-5-2/h8-9,11-12,17-18,20-21,25-30,35,37-38,40,46,49,58H,4-7,10,13-16,19,22-24,31-34,36,39,41-45,47-48,50-57H2,1-3H3/b11-8-,12-9-,20-17-,21-18-,28-25-,29-26-,30-27-,38-35-,40-37-,49-46-. The van der Waals surface area contributed by atoms with E-state index in [1.807, 2.05) is 12.2 Å². The molecule has 0 aromatic carbocycles. The molecule has 378 valence electrons. The van der Waals surface area contributed by atoms with E-state index in [0.29, 0.717) is 19.3 Å². The molecule has 0 fully saturated rings. The summed E-state index contributed by atoms with van der Waals surface area (Å²) in [7, 11) is 0. The first-order valence-electron chi connectivity index (χ1n) is 27.0. The molecule has 0 amide bonds. The lowest BCUT2D eigenvalue weighted by molar-refractivity contribution is -0.166. The van der Waals surface area contributed by atoms with Gasteiger partial charge >= 0.3 is 17.9 Å². The van der Waals surface area contributed by atoms with Crippen molar-refractivity contribution in [2.75, 3.05) is 13.2 Å². The van der Waals surface area contributed by atoms with Gasteiger partial charge < -0.3 is 14.2 Å². The fraction of sp³-hybridized carbons (Fsp3) is 0.623. The number of hydrogen-bond donors (Lipinski definition) is 0. The Labute approximate surface area is 412 Å². The van der Waals surface area contributed by atoms with Gasteiger partial charge in [0.2, 0.25) is 0 Å². The van der Waals surface area contributed by atoms with Gasteiger partial charge in [0.1, 0.15) is 13.2 Å². The van der Waals surface area contributed by atoms with Gasteiger partial charge in [-0.2, -0.15) is 0 Å². The molecule has 0 bridgehead atoms. The summed E-state index contributed by atoms with van der Waals surface area (Å²) in [5.74, 6) is -1.05. The van der Waals surface area contributed by atoms with Crippen molar-refractivity contribution in [3.8, 4) is 0 Å². The van der Waals surface area contributed by atoms with Crippen molar-refractivity contribution in [2.45, 2.75) is 232 Å². The lowest BCUT2D eigenvalue weighted by Gasteiger charge is -2.18. The summed E-state index contributed by atoms with van der Waals surface area (Å²) in [4.78, 5) is 38.0. The van der Waals surface area contributed by atoms with Gasteiger partial charge in [-0.1, -0.05) is 213 Å². The summed E-state index contributed by atoms with van der Waals surface area (Å²) in [5.41, 5.74) is 0. The molecule has 0 heterocycles. The van der Waals surface area contributed by atoms with Crippen molar-refractivity contribution in [3.05, 3.63) is 122 Å². The van der Waals surface area contributed by atoms with Crippen molar-refractivity contribution in [2.24, 2.45) is 0 Å². The van der Waals surface area contributed by atoms with Crippen molar-refractivity contribution >= 4 is 17.9 Å². The highest BCUT2D eigenvalue weighted by molar-refractivity contribution is 5.71. The highest BCUT2D eigenvalue weighted by Crippen LogP contribution is 2.13. The first kappa shape index (κ1) is 62.8. The molecule has 0 aliphatic rings. The number of rotatable bonds is 47. The molecule has 6 nitrogen and oxygen atoms in total. The van der Waals surface area contributed by atoms with E-state index >= 15 is 0 Å². The van der Waals surface area contributed by atoms with Crippen molar-refractivity contribution in [3.63, 3.8) is 0 Å². The minimum Gasteiger partial charge on any atom is -0.462 e. The number of carbonyl (C=O) groups excluding carboxylic acids is 3. The van der Waals surface area contributed by atoms with Crippen LogP contribution in [0.5, 0.6) is 0 Å². The summed E-state index contributed by atoms with van der Waals surface area (Å²) >= 11 is 0. The van der Waals surface area contributed by atoms with Crippen molar-refractivity contribution in [1.82, 2.24) is 0 Å². The molecule has 0 aromatic heterocycles. The highest BCUT2D eigenvalue weighted by Gasteiger charge is 2.19. The number of allylic oxidation sites excluding steroid dienone is 20. The molecular formula is C61H98O6. The van der Waals surface area contributed by atoms with Crippen LogP contribution < -0.4 is 0 Å². The van der Waals surface area contributed by atoms with Gasteiger partial charge in [-0.15, -0.1) is 0 Å². The summed E-state index contributed by atoms with van der Waals surface area (Å²) in [6.45, 7) is 6.30. The summed E-state index contributed by atoms with van der Waals surface area (Å²) in [6.07, 6.45) is 74.8. The van der Waals surface area contributed by atoms with Crippen molar-refractivity contribution in [1.29, 1.82) is 0 Å². The van der Waals surface area contributed by atoms with Crippen LogP contribution in [0, 0.1) is 0 Å². The van der Waals surface area contributed by atoms with E-state index in [2.05, 4.69) is 130 Å². The van der Waals surface area contributed by atoms with E-state index < -0.39 is 12.1 Å². The molecule has 0 saturated heterocycles. The molecule has 0 radical (unpaired) electrons. The van der Waals surface area contributed by atoms with Crippen LogP contribution in [0.15, 0.2) is 122 Å². The van der Waals surface area contributed by atoms with E-state index in [4.69, 9.17) is 14.2 Å². The Morgan fingerprint density at radius 3 is 1.00 bits per heavy atom. The monoisotopic (exact) mass is 927 g/mol. The molecule has 6 heteroatoms. The van der Waals surface area contributed by atoms with Crippen LogP contribution in [0.25, 0.3) is 0 Å². The Morgan fingerprint density at radius 1 is 0.313 bits per heavy atom. The first-order valence-corrected chi connectivity index (χ1v) is 27.0. The summed E-state index contributed by atoms with van der Waals surface area (Å²) in [6, 6.07) is 0. The Kier molecular flexibility index (Phi) is 51.0. The Hall–Kier alpha value is -4.19. The number of carbonyl (C=O) groups is 3. The second kappa shape index (κ2) is 54.4. The number of unbranched alkanes of at least 4 members (excludes halogenated alkanes) is 16. The van der Waals surface area contributed by atoms with Crippen LogP contribution in [0.4, 0.5) is 0 Å². The Morgan fingerprint density at radius 2 is 0.612 bits per heavy atom. The van der Waals surface area contributed by atoms with Crippen LogP contribution >= 0.6 is 0 Å². The number of hydrogen-bond acceptors (Lipinski definition) is 6. The molecule has 0 saturated carbocycles. The van der Waals surface area contributed by atoms with Gasteiger partial charge in [-0.05, 0) is 116 Å². The molecule has 0 rings (SSSR count). The highest BCUT2D eigenvalue weighted by atomic mass is 16.6. The third kappa shape index (κ3) is 52.6. The largest absolute Gasteiger partial charge is 0.462 e. The number of esters is 3. The second-order valence-electron chi connectivity index (χ2n) is 17.4. The van der Waals surface area contributed by atoms with Crippen LogP contribution in [-0.2, 0) is 28.6 Å². The predicted molar refractivity (Wildman–Crippen MR) is 288 cm³/mol. The van der Waals surface area contributed by atoms with E-state index in [1.54, 1.807) is 0 Å². The average Bonchev–Trinajstić information content (AvgIpc) is 3.33. The molecule has 1 atom stereocenters. The van der Waals surface area contributed by atoms with Crippen LogP contribution in [0.3, 0.4) is 0 Å². The third-order valence-electron chi connectivity index (χ3n) is 10.9. The molecular weight excluding hydrogens is 829 g/mol. The summed E-state index contributed by atoms with van der Waals surface area (Å²) in [5, 5.41) is 0. The Balaban J connectivity index is 4.56. The van der Waals surface area contributed by atoms with Crippen molar-refractivity contribution < 1.29 is 28.6 Å². The fourth-order valence-corrected chi connectivity index (χ4v) is 6.95. The van der Waals surface area contributed by atoms with Gasteiger partial charge in [0, 0.05) is 19.3 Å². The maximum Gasteiger partial charge on any atom is 0.306 e. The Bertz CT molecular complexity index is 1440. The normalized spacial score (nSPS) is 13.1. The maximum absolute atomic E-state index is 12.8. The second-order valence-corrected chi connectivity index (χ2v) is 17.4. The molecule has 0 aromatic rings. The SMILES string of the molecule is CC/C=C\C/C=C\C/C=C\C/C=C\C/C=C\CCC(=O)OC(COC(=O)CCCCC/C=C\C/C=C\C/C=C\C/C=C\CC)COC(=O)CCCCCCCCC/C=C\CCCCCCCC. The van der Waals surface area contributed by atoms with E-state index in [1.165, 1.54) is 77.0 Å². The minimum absolute atomic E-state index is 0.123. The fourth-order valence-electron chi connectivity index (χ4n) is 6.95. The van der Waals surface area contributed by atoms with Gasteiger partial charge in [0.25, 0.3) is 0 Å². The zero-order valence-electron chi connectivity index (χ0n) is 43.1. The maximum atomic E-state index is 12.8. The smallest absolute Gasteiger partial charge is 0.306 e. The molecule has 0 aliphatic carbocycles. The lowest BCUT2D eigenvalue weighted by Crippen LogP contribution is -2.30. The minimum atomic E-state index is -0.836. The van der Waals surface area contributed by atoms with E-state index in [9.17, 15) is 14.4 Å². The topological polar surface area (TPSA) is 78.9 Å². The van der Waals surface area contributed by atoms with Crippen LogP contribution in [0.2, 0.25) is 0 Å². The molecule has 67 heavy (non-hydrogen) atoms. The van der Waals surface area contributed by atoms with Gasteiger partial charge in [-0.3, -0.25) is 14.4 Å². The van der Waals surface area contributed by atoms with Gasteiger partial charge in [0.15, 0.2) is 6.10 Å². The van der Waals surface area contributed by atoms with Gasteiger partial charge in [-0.25, -0.2) is 0 Å². The molecule has 0 N–H and O–H groups in total. The zero-order valence-corrected chi connectivity index (χ0v) is 43.1. The van der Waals surface area contributed by atoms with E-state index in [0.717, 1.165) is 103 Å². The van der Waals surface area contributed by atoms with Gasteiger partial charge in [0.05, 0.1) is 0 Å². The first-order chi connectivity index (χ1) is 33.0. The molecule has 0 spiro atoms. The van der Waals surface area contributed by atoms with Crippen LogP contribution in [-0.4, -0.2) is 37.2 Å². The molecule has 0 aliphatic heterocycles. The van der Waals surface area contributed by atoms with Crippen LogP contribution in [0.1, 0.15) is 226 Å². The summed E-state index contributed by atoms with van der Waals surface area (Å²) < 4.78 is 16.7. The quantitative estimate of drug-likeness (QED) is 0.0262.